The summed E-state index contributed by atoms with van der Waals surface area (Å²) in [5.74, 6) is -0.394. The zero-order valence-electron chi connectivity index (χ0n) is 18.6. The minimum absolute atomic E-state index is 0.0176. The van der Waals surface area contributed by atoms with Gasteiger partial charge >= 0.3 is 0 Å². The first-order valence-electron chi connectivity index (χ1n) is 11.2. The molecule has 3 heterocycles. The minimum Gasteiger partial charge on any atom is -0.366 e. The Labute approximate surface area is 201 Å². The molecule has 8 nitrogen and oxygen atoms in total. The number of amides is 3. The van der Waals surface area contributed by atoms with E-state index >= 15 is 0 Å². The van der Waals surface area contributed by atoms with Gasteiger partial charge in [0.05, 0.1) is 0 Å². The number of hydrogen-bond acceptors (Lipinski definition) is 6. The van der Waals surface area contributed by atoms with Crippen molar-refractivity contribution in [1.82, 2.24) is 14.8 Å². The summed E-state index contributed by atoms with van der Waals surface area (Å²) < 4.78 is 0. The summed E-state index contributed by atoms with van der Waals surface area (Å²) in [7, 11) is 0. The van der Waals surface area contributed by atoms with Gasteiger partial charge in [-0.05, 0) is 35.4 Å². The van der Waals surface area contributed by atoms with Gasteiger partial charge in [0, 0.05) is 68.0 Å². The second-order valence-electron chi connectivity index (χ2n) is 8.52. The molecular weight excluding hydrogens is 450 g/mol. The maximum atomic E-state index is 12.9. The summed E-state index contributed by atoms with van der Waals surface area (Å²) in [6.07, 6.45) is 2.11. The highest BCUT2D eigenvalue weighted by Gasteiger charge is 2.36. The van der Waals surface area contributed by atoms with Crippen LogP contribution in [-0.4, -0.2) is 71.3 Å². The molecule has 2 aliphatic rings. The normalized spacial score (nSPS) is 18.9. The number of anilines is 1. The molecule has 9 heteroatoms. The maximum Gasteiger partial charge on any atom is 0.282 e. The van der Waals surface area contributed by atoms with Crippen LogP contribution in [0.4, 0.5) is 5.69 Å². The topological polar surface area (TPSA) is 99.8 Å². The van der Waals surface area contributed by atoms with Crippen LogP contribution >= 0.6 is 11.3 Å². The largest absolute Gasteiger partial charge is 0.366 e. The van der Waals surface area contributed by atoms with Gasteiger partial charge in [0.25, 0.3) is 5.91 Å². The predicted octanol–water partition coefficient (Wildman–Crippen LogP) is 2.47. The Kier molecular flexibility index (Phi) is 6.12. The fourth-order valence-corrected chi connectivity index (χ4v) is 5.24. The number of benzene rings is 2. The number of thiazole rings is 1. The van der Waals surface area contributed by atoms with Crippen LogP contribution in [-0.2, 0) is 4.79 Å². The summed E-state index contributed by atoms with van der Waals surface area (Å²) in [6, 6.07) is 15.1. The SMILES string of the molecule is NC(=O)c1cccc(-c2cccc(N3CC(N4CCN(C(=O)c5nccs5)CC4)CC3=O)c2)c1. The quantitative estimate of drug-likeness (QED) is 0.611. The first kappa shape index (κ1) is 22.2. The molecule has 2 aliphatic heterocycles. The number of rotatable bonds is 5. The van der Waals surface area contributed by atoms with E-state index in [0.717, 1.165) is 29.9 Å². The molecule has 2 saturated heterocycles. The van der Waals surface area contributed by atoms with Crippen molar-refractivity contribution in [2.75, 3.05) is 37.6 Å². The van der Waals surface area contributed by atoms with Crippen molar-refractivity contribution in [1.29, 1.82) is 0 Å². The molecule has 1 unspecified atom stereocenters. The molecule has 0 saturated carbocycles. The van der Waals surface area contributed by atoms with Gasteiger partial charge in [0.15, 0.2) is 5.01 Å². The molecule has 0 aliphatic carbocycles. The monoisotopic (exact) mass is 475 g/mol. The first-order valence-corrected chi connectivity index (χ1v) is 12.1. The molecule has 2 fully saturated rings. The summed E-state index contributed by atoms with van der Waals surface area (Å²) >= 11 is 1.36. The van der Waals surface area contributed by atoms with E-state index in [0.29, 0.717) is 36.6 Å². The second-order valence-corrected chi connectivity index (χ2v) is 9.42. The fourth-order valence-electron chi connectivity index (χ4n) is 4.64. The average Bonchev–Trinajstić information content (AvgIpc) is 3.54. The second kappa shape index (κ2) is 9.36. The van der Waals surface area contributed by atoms with Crippen LogP contribution in [0.2, 0.25) is 0 Å². The van der Waals surface area contributed by atoms with E-state index in [1.54, 1.807) is 24.4 Å². The van der Waals surface area contributed by atoms with E-state index < -0.39 is 5.91 Å². The number of piperazine rings is 1. The number of carbonyl (C=O) groups is 3. The third kappa shape index (κ3) is 4.44. The van der Waals surface area contributed by atoms with Crippen LogP contribution in [0.1, 0.15) is 26.6 Å². The number of carbonyl (C=O) groups excluding carboxylic acids is 3. The van der Waals surface area contributed by atoms with E-state index in [9.17, 15) is 14.4 Å². The van der Waals surface area contributed by atoms with Crippen LogP contribution in [0.5, 0.6) is 0 Å². The number of aromatic nitrogens is 1. The molecule has 2 aromatic carbocycles. The van der Waals surface area contributed by atoms with Crippen molar-refractivity contribution in [2.45, 2.75) is 12.5 Å². The van der Waals surface area contributed by atoms with E-state index in [4.69, 9.17) is 5.73 Å². The molecule has 0 bridgehead atoms. The van der Waals surface area contributed by atoms with Gasteiger partial charge in [-0.15, -0.1) is 11.3 Å². The first-order chi connectivity index (χ1) is 16.5. The Morgan fingerprint density at radius 2 is 1.74 bits per heavy atom. The van der Waals surface area contributed by atoms with Gasteiger partial charge < -0.3 is 15.5 Å². The van der Waals surface area contributed by atoms with Crippen molar-refractivity contribution >= 4 is 34.7 Å². The van der Waals surface area contributed by atoms with E-state index in [-0.39, 0.29) is 17.9 Å². The Morgan fingerprint density at radius 3 is 2.44 bits per heavy atom. The summed E-state index contributed by atoms with van der Waals surface area (Å²) in [4.78, 5) is 47.1. The zero-order valence-corrected chi connectivity index (χ0v) is 19.4. The lowest BCUT2D eigenvalue weighted by Gasteiger charge is -2.37. The molecular formula is C25H25N5O3S. The molecule has 34 heavy (non-hydrogen) atoms. The lowest BCUT2D eigenvalue weighted by molar-refractivity contribution is -0.117. The standard InChI is InChI=1S/C25H25N5O3S/c26-23(32)19-5-1-3-17(13-19)18-4-2-6-20(14-18)30-16-21(15-22(30)31)28-8-10-29(11-9-28)25(33)24-27-7-12-34-24/h1-7,12-14,21H,8-11,15-16H2,(H2,26,32). The van der Waals surface area contributed by atoms with Gasteiger partial charge in [0.1, 0.15) is 0 Å². The number of hydrogen-bond donors (Lipinski definition) is 1. The predicted molar refractivity (Wildman–Crippen MR) is 131 cm³/mol. The highest BCUT2D eigenvalue weighted by atomic mass is 32.1. The molecule has 0 spiro atoms. The van der Waals surface area contributed by atoms with Crippen LogP contribution in [0.3, 0.4) is 0 Å². The maximum absolute atomic E-state index is 12.9. The van der Waals surface area contributed by atoms with Crippen LogP contribution in [0.25, 0.3) is 11.1 Å². The average molecular weight is 476 g/mol. The number of nitrogens with zero attached hydrogens (tertiary/aromatic N) is 4. The molecule has 5 rings (SSSR count). The van der Waals surface area contributed by atoms with Gasteiger partial charge in [-0.25, -0.2) is 4.98 Å². The molecule has 3 amide bonds. The highest BCUT2D eigenvalue weighted by molar-refractivity contribution is 7.11. The minimum atomic E-state index is -0.469. The molecule has 1 aromatic heterocycles. The van der Waals surface area contributed by atoms with E-state index in [1.807, 2.05) is 45.5 Å². The van der Waals surface area contributed by atoms with Crippen LogP contribution in [0, 0.1) is 0 Å². The summed E-state index contributed by atoms with van der Waals surface area (Å²) in [5, 5.41) is 2.34. The Bertz CT molecular complexity index is 1220. The van der Waals surface area contributed by atoms with Gasteiger partial charge in [0.2, 0.25) is 11.8 Å². The lowest BCUT2D eigenvalue weighted by Crippen LogP contribution is -2.52. The Hall–Kier alpha value is -3.56. The molecule has 1 atom stereocenters. The zero-order chi connectivity index (χ0) is 23.7. The van der Waals surface area contributed by atoms with E-state index in [1.165, 1.54) is 11.3 Å². The van der Waals surface area contributed by atoms with Crippen LogP contribution in [0.15, 0.2) is 60.1 Å². The number of nitrogens with two attached hydrogens (primary N) is 1. The van der Waals surface area contributed by atoms with Gasteiger partial charge in [-0.3, -0.25) is 19.3 Å². The number of primary amides is 1. The van der Waals surface area contributed by atoms with Gasteiger partial charge in [-0.2, -0.15) is 0 Å². The summed E-state index contributed by atoms with van der Waals surface area (Å²) in [5.41, 5.74) is 8.51. The van der Waals surface area contributed by atoms with Crippen molar-refractivity contribution in [3.63, 3.8) is 0 Å². The molecule has 2 N–H and O–H groups in total. The highest BCUT2D eigenvalue weighted by Crippen LogP contribution is 2.29. The van der Waals surface area contributed by atoms with Gasteiger partial charge in [-0.1, -0.05) is 24.3 Å². The van der Waals surface area contributed by atoms with Crippen LogP contribution < -0.4 is 10.6 Å². The fraction of sp³-hybridized carbons (Fsp3) is 0.280. The third-order valence-corrected chi connectivity index (χ3v) is 7.24. The van der Waals surface area contributed by atoms with Crippen molar-refractivity contribution in [3.8, 4) is 11.1 Å². The van der Waals surface area contributed by atoms with Crippen molar-refractivity contribution < 1.29 is 14.4 Å². The Balaban J connectivity index is 1.25. The molecule has 3 aromatic rings. The molecule has 0 radical (unpaired) electrons. The Morgan fingerprint density at radius 1 is 1.00 bits per heavy atom. The smallest absolute Gasteiger partial charge is 0.282 e. The lowest BCUT2D eigenvalue weighted by atomic mass is 10.0. The van der Waals surface area contributed by atoms with Crippen molar-refractivity contribution in [3.05, 3.63) is 70.7 Å². The van der Waals surface area contributed by atoms with E-state index in [2.05, 4.69) is 9.88 Å². The third-order valence-electron chi connectivity index (χ3n) is 6.48. The van der Waals surface area contributed by atoms with Crippen molar-refractivity contribution in [2.24, 2.45) is 5.73 Å². The molecule has 174 valence electrons. The summed E-state index contributed by atoms with van der Waals surface area (Å²) in [6.45, 7) is 3.36.